The van der Waals surface area contributed by atoms with Crippen molar-refractivity contribution in [3.8, 4) is 5.75 Å². The number of hydrogen-bond donors (Lipinski definition) is 4. The standard InChI is InChI=1S/C23H26N4O4S/c1-15(2)14-21(29)24-18-9-7-17(8-10-18)22(30)26-27-23(32)25-20(28)13-6-16-4-11-19(31-3)12-5-16/h4-13,15H,14H2,1-3H3,(H,24,29)(H,26,30)(H2,25,27,28,32). The molecular formula is C23H26N4O4S. The number of anilines is 1. The quantitative estimate of drug-likeness (QED) is 0.291. The molecule has 0 aliphatic heterocycles. The van der Waals surface area contributed by atoms with Crippen LogP contribution in [0.1, 0.15) is 36.2 Å². The third kappa shape index (κ3) is 8.57. The number of carbonyl (C=O) groups excluding carboxylic acids is 3. The van der Waals surface area contributed by atoms with Crippen molar-refractivity contribution in [1.29, 1.82) is 0 Å². The van der Waals surface area contributed by atoms with E-state index in [2.05, 4.69) is 21.5 Å². The molecule has 168 valence electrons. The number of hydrogen-bond acceptors (Lipinski definition) is 5. The van der Waals surface area contributed by atoms with Crippen molar-refractivity contribution < 1.29 is 19.1 Å². The van der Waals surface area contributed by atoms with Crippen molar-refractivity contribution in [3.63, 3.8) is 0 Å². The van der Waals surface area contributed by atoms with Crippen molar-refractivity contribution in [2.24, 2.45) is 5.92 Å². The molecule has 0 aromatic heterocycles. The van der Waals surface area contributed by atoms with Gasteiger partial charge >= 0.3 is 0 Å². The van der Waals surface area contributed by atoms with E-state index in [0.29, 0.717) is 17.7 Å². The lowest BCUT2D eigenvalue weighted by atomic mass is 10.1. The van der Waals surface area contributed by atoms with Crippen LogP contribution in [0.2, 0.25) is 0 Å². The van der Waals surface area contributed by atoms with E-state index in [1.54, 1.807) is 61.7 Å². The number of carbonyl (C=O) groups is 3. The molecule has 0 unspecified atom stereocenters. The first-order chi connectivity index (χ1) is 15.3. The minimum absolute atomic E-state index is 0.0553. The molecule has 0 heterocycles. The number of hydrazine groups is 1. The van der Waals surface area contributed by atoms with Gasteiger partial charge in [0.2, 0.25) is 11.8 Å². The molecule has 0 spiro atoms. The predicted octanol–water partition coefficient (Wildman–Crippen LogP) is 3.03. The van der Waals surface area contributed by atoms with Gasteiger partial charge in [-0.05, 0) is 66.2 Å². The molecule has 8 nitrogen and oxygen atoms in total. The van der Waals surface area contributed by atoms with Gasteiger partial charge in [0, 0.05) is 23.7 Å². The Balaban J connectivity index is 1.77. The largest absolute Gasteiger partial charge is 0.497 e. The van der Waals surface area contributed by atoms with Crippen molar-refractivity contribution in [1.82, 2.24) is 16.2 Å². The lowest BCUT2D eigenvalue weighted by molar-refractivity contribution is -0.117. The Morgan fingerprint density at radius 1 is 1.00 bits per heavy atom. The minimum atomic E-state index is -0.450. The summed E-state index contributed by atoms with van der Waals surface area (Å²) in [5, 5.41) is 5.15. The van der Waals surface area contributed by atoms with Crippen LogP contribution in [0.5, 0.6) is 5.75 Å². The van der Waals surface area contributed by atoms with Crippen LogP contribution in [-0.2, 0) is 9.59 Å². The lowest BCUT2D eigenvalue weighted by Gasteiger charge is -2.11. The highest BCUT2D eigenvalue weighted by molar-refractivity contribution is 7.80. The van der Waals surface area contributed by atoms with Crippen molar-refractivity contribution in [2.75, 3.05) is 12.4 Å². The summed E-state index contributed by atoms with van der Waals surface area (Å²) in [6.07, 6.45) is 3.37. The zero-order valence-electron chi connectivity index (χ0n) is 18.1. The summed E-state index contributed by atoms with van der Waals surface area (Å²) in [5.41, 5.74) is 6.65. The maximum absolute atomic E-state index is 12.2. The SMILES string of the molecule is COc1ccc(C=CC(=O)NC(=S)NNC(=O)c2ccc(NC(=O)CC(C)C)cc2)cc1. The summed E-state index contributed by atoms with van der Waals surface area (Å²) < 4.78 is 5.08. The summed E-state index contributed by atoms with van der Waals surface area (Å²) in [4.78, 5) is 36.0. The van der Waals surface area contributed by atoms with E-state index in [1.807, 2.05) is 13.8 Å². The van der Waals surface area contributed by atoms with Crippen LogP contribution in [0.3, 0.4) is 0 Å². The first-order valence-corrected chi connectivity index (χ1v) is 10.3. The van der Waals surface area contributed by atoms with Crippen LogP contribution < -0.4 is 26.2 Å². The van der Waals surface area contributed by atoms with Gasteiger partial charge in [-0.2, -0.15) is 0 Å². The van der Waals surface area contributed by atoms with E-state index in [9.17, 15) is 14.4 Å². The van der Waals surface area contributed by atoms with Gasteiger partial charge in [0.15, 0.2) is 5.11 Å². The molecule has 2 aromatic carbocycles. The fraction of sp³-hybridized carbons (Fsp3) is 0.217. The lowest BCUT2D eigenvalue weighted by Crippen LogP contribution is -2.48. The van der Waals surface area contributed by atoms with Gasteiger partial charge < -0.3 is 10.1 Å². The van der Waals surface area contributed by atoms with Crippen LogP contribution in [0, 0.1) is 5.92 Å². The second-order valence-electron chi connectivity index (χ2n) is 7.23. The second-order valence-corrected chi connectivity index (χ2v) is 7.64. The number of nitrogens with one attached hydrogen (secondary N) is 4. The Morgan fingerprint density at radius 3 is 2.25 bits per heavy atom. The molecule has 3 amide bonds. The van der Waals surface area contributed by atoms with Crippen molar-refractivity contribution in [3.05, 3.63) is 65.7 Å². The van der Waals surface area contributed by atoms with Gasteiger partial charge in [-0.25, -0.2) is 0 Å². The van der Waals surface area contributed by atoms with Crippen LogP contribution in [0.15, 0.2) is 54.6 Å². The highest BCUT2D eigenvalue weighted by atomic mass is 32.1. The first-order valence-electron chi connectivity index (χ1n) is 9.90. The van der Waals surface area contributed by atoms with Crippen molar-refractivity contribution >= 4 is 46.8 Å². The fourth-order valence-electron chi connectivity index (χ4n) is 2.55. The molecule has 0 aliphatic rings. The van der Waals surface area contributed by atoms with Gasteiger partial charge in [0.05, 0.1) is 7.11 Å². The number of amides is 3. The number of methoxy groups -OCH3 is 1. The second kappa shape index (κ2) is 12.2. The monoisotopic (exact) mass is 454 g/mol. The Bertz CT molecular complexity index is 986. The predicted molar refractivity (Wildman–Crippen MR) is 128 cm³/mol. The van der Waals surface area contributed by atoms with Crippen LogP contribution >= 0.6 is 12.2 Å². The van der Waals surface area contributed by atoms with Gasteiger partial charge in [-0.3, -0.25) is 30.6 Å². The molecular weight excluding hydrogens is 428 g/mol. The zero-order valence-corrected chi connectivity index (χ0v) is 18.9. The average molecular weight is 455 g/mol. The maximum Gasteiger partial charge on any atom is 0.269 e. The molecule has 0 fully saturated rings. The summed E-state index contributed by atoms with van der Waals surface area (Å²) in [7, 11) is 1.58. The number of thiocarbonyl (C=S) groups is 1. The molecule has 4 N–H and O–H groups in total. The highest BCUT2D eigenvalue weighted by Crippen LogP contribution is 2.12. The van der Waals surface area contributed by atoms with E-state index in [4.69, 9.17) is 17.0 Å². The van der Waals surface area contributed by atoms with Crippen LogP contribution in [0.4, 0.5) is 5.69 Å². The molecule has 0 radical (unpaired) electrons. The topological polar surface area (TPSA) is 109 Å². The first kappa shape index (κ1) is 24.5. The highest BCUT2D eigenvalue weighted by Gasteiger charge is 2.09. The molecule has 9 heteroatoms. The van der Waals surface area contributed by atoms with E-state index in [0.717, 1.165) is 11.3 Å². The van der Waals surface area contributed by atoms with Crippen LogP contribution in [0.25, 0.3) is 6.08 Å². The van der Waals surface area contributed by atoms with Crippen molar-refractivity contribution in [2.45, 2.75) is 20.3 Å². The number of ether oxygens (including phenoxy) is 1. The van der Waals surface area contributed by atoms with Gasteiger partial charge in [0.25, 0.3) is 5.91 Å². The Labute approximate surface area is 192 Å². The third-order valence-corrected chi connectivity index (χ3v) is 4.30. The van der Waals surface area contributed by atoms with Gasteiger partial charge in [0.1, 0.15) is 5.75 Å². The normalized spacial score (nSPS) is 10.5. The summed E-state index contributed by atoms with van der Waals surface area (Å²) in [6, 6.07) is 13.6. The number of benzene rings is 2. The summed E-state index contributed by atoms with van der Waals surface area (Å²) in [5.74, 6) is -0.00267. The molecule has 0 saturated heterocycles. The summed E-state index contributed by atoms with van der Waals surface area (Å²) in [6.45, 7) is 3.92. The maximum atomic E-state index is 12.2. The molecule has 2 aromatic rings. The molecule has 0 aliphatic carbocycles. The minimum Gasteiger partial charge on any atom is -0.497 e. The number of rotatable bonds is 7. The molecule has 0 atom stereocenters. The molecule has 0 saturated carbocycles. The zero-order chi connectivity index (χ0) is 23.5. The smallest absolute Gasteiger partial charge is 0.269 e. The molecule has 0 bridgehead atoms. The fourth-order valence-corrected chi connectivity index (χ4v) is 2.70. The Hall–Kier alpha value is -3.72. The Kier molecular flexibility index (Phi) is 9.37. The van der Waals surface area contributed by atoms with Gasteiger partial charge in [-0.15, -0.1) is 0 Å². The van der Waals surface area contributed by atoms with Gasteiger partial charge in [-0.1, -0.05) is 26.0 Å². The van der Waals surface area contributed by atoms with E-state index < -0.39 is 11.8 Å². The summed E-state index contributed by atoms with van der Waals surface area (Å²) >= 11 is 5.01. The molecule has 2 rings (SSSR count). The Morgan fingerprint density at radius 2 is 1.66 bits per heavy atom. The van der Waals surface area contributed by atoms with E-state index in [-0.39, 0.29) is 16.9 Å². The molecule has 32 heavy (non-hydrogen) atoms. The van der Waals surface area contributed by atoms with Crippen LogP contribution in [-0.4, -0.2) is 29.9 Å². The van der Waals surface area contributed by atoms with E-state index >= 15 is 0 Å². The third-order valence-electron chi connectivity index (χ3n) is 4.09. The van der Waals surface area contributed by atoms with E-state index in [1.165, 1.54) is 6.08 Å². The average Bonchev–Trinajstić information content (AvgIpc) is 2.76.